The van der Waals surface area contributed by atoms with Gasteiger partial charge in [0, 0.05) is 11.1 Å². The van der Waals surface area contributed by atoms with Crippen molar-refractivity contribution in [3.05, 3.63) is 162 Å². The molecule has 0 saturated carbocycles. The fourth-order valence-corrected chi connectivity index (χ4v) is 6.01. The molecule has 44 heavy (non-hydrogen) atoms. The minimum Gasteiger partial charge on any atom is -0.488 e. The number of carbonyl (C=O) groups is 1. The molecule has 4 aromatic carbocycles. The number of aromatic nitrogens is 1. The molecule has 0 amide bonds. The Morgan fingerprint density at radius 1 is 0.909 bits per heavy atom. The maximum atomic E-state index is 14.1. The number of rotatable bonds is 8. The van der Waals surface area contributed by atoms with Gasteiger partial charge in [0.15, 0.2) is 4.80 Å². The average Bonchev–Trinajstić information content (AvgIpc) is 3.35. The molecule has 0 spiro atoms. The minimum absolute atomic E-state index is 0.125. The topological polar surface area (TPSA) is 69.9 Å². The predicted octanol–water partition coefficient (Wildman–Crippen LogP) is 5.79. The van der Waals surface area contributed by atoms with Crippen LogP contribution >= 0.6 is 11.3 Å². The summed E-state index contributed by atoms with van der Waals surface area (Å²) in [7, 11) is 0. The van der Waals surface area contributed by atoms with Crippen LogP contribution in [0.15, 0.2) is 118 Å². The SMILES string of the molecule is CCOC(=O)C1=C(c2ccccc2)N=c2s/c(=C\c3ccccc3OCc3ccc(F)cc3)c(=O)n2[C@H]1c1ccc(F)cc1. The molecule has 5 aromatic rings. The summed E-state index contributed by atoms with van der Waals surface area (Å²) in [5, 5.41) is 0. The van der Waals surface area contributed by atoms with Gasteiger partial charge in [-0.1, -0.05) is 84.1 Å². The molecule has 1 aliphatic rings. The molecule has 6 rings (SSSR count). The Morgan fingerprint density at radius 3 is 2.27 bits per heavy atom. The van der Waals surface area contributed by atoms with Crippen molar-refractivity contribution in [2.24, 2.45) is 4.99 Å². The number of fused-ring (bicyclic) bond motifs is 1. The lowest BCUT2D eigenvalue weighted by molar-refractivity contribution is -0.138. The molecule has 1 atom stereocenters. The number of hydrogen-bond donors (Lipinski definition) is 0. The standard InChI is InChI=1S/C35H26F2N2O4S/c1-2-42-34(41)30-31(23-8-4-3-5-9-23)38-35-39(32(30)24-14-18-27(37)19-15-24)33(40)29(44-35)20-25-10-6-7-11-28(25)43-21-22-12-16-26(36)17-13-22/h3-20,32H,2,21H2,1H3/b29-20-/t32-/m0/s1. The number of para-hydroxylation sites is 1. The van der Waals surface area contributed by atoms with Gasteiger partial charge in [0.2, 0.25) is 0 Å². The molecule has 0 saturated heterocycles. The Hall–Kier alpha value is -5.15. The maximum absolute atomic E-state index is 14.1. The van der Waals surface area contributed by atoms with Gasteiger partial charge in [0.25, 0.3) is 5.56 Å². The molecular formula is C35H26F2N2O4S. The van der Waals surface area contributed by atoms with Crippen LogP contribution in [0.4, 0.5) is 8.78 Å². The highest BCUT2D eigenvalue weighted by atomic mass is 32.1. The summed E-state index contributed by atoms with van der Waals surface area (Å²) in [6, 6.07) is 27.3. The summed E-state index contributed by atoms with van der Waals surface area (Å²) >= 11 is 1.18. The largest absolute Gasteiger partial charge is 0.488 e. The fraction of sp³-hybridized carbons (Fsp3) is 0.114. The van der Waals surface area contributed by atoms with Crippen molar-refractivity contribution in [1.29, 1.82) is 0 Å². The summed E-state index contributed by atoms with van der Waals surface area (Å²) in [6.45, 7) is 2.04. The second kappa shape index (κ2) is 12.6. The number of hydrogen-bond acceptors (Lipinski definition) is 6. The van der Waals surface area contributed by atoms with E-state index in [1.54, 1.807) is 43.3 Å². The summed E-state index contributed by atoms with van der Waals surface area (Å²) in [6.07, 6.45) is 1.72. The van der Waals surface area contributed by atoms with Crippen molar-refractivity contribution < 1.29 is 23.0 Å². The summed E-state index contributed by atoms with van der Waals surface area (Å²) in [5.74, 6) is -0.846. The van der Waals surface area contributed by atoms with Crippen LogP contribution in [-0.4, -0.2) is 17.1 Å². The number of ether oxygens (including phenoxy) is 2. The molecule has 6 nitrogen and oxygen atoms in total. The van der Waals surface area contributed by atoms with E-state index in [4.69, 9.17) is 14.5 Å². The lowest BCUT2D eigenvalue weighted by Crippen LogP contribution is -2.40. The van der Waals surface area contributed by atoms with Crippen LogP contribution in [0.3, 0.4) is 0 Å². The smallest absolute Gasteiger partial charge is 0.338 e. The number of thiazole rings is 1. The molecule has 0 fully saturated rings. The minimum atomic E-state index is -0.909. The van der Waals surface area contributed by atoms with Crippen LogP contribution in [0, 0.1) is 11.6 Å². The van der Waals surface area contributed by atoms with Gasteiger partial charge in [-0.25, -0.2) is 18.6 Å². The number of benzene rings is 4. The third kappa shape index (κ3) is 5.87. The Labute approximate surface area is 255 Å². The first-order valence-electron chi connectivity index (χ1n) is 13.9. The predicted molar refractivity (Wildman–Crippen MR) is 165 cm³/mol. The van der Waals surface area contributed by atoms with Crippen LogP contribution in [0.5, 0.6) is 5.75 Å². The van der Waals surface area contributed by atoms with Crippen LogP contribution in [0.2, 0.25) is 0 Å². The van der Waals surface area contributed by atoms with E-state index in [0.717, 1.165) is 5.56 Å². The normalized spacial score (nSPS) is 14.6. The molecule has 0 radical (unpaired) electrons. The Kier molecular flexibility index (Phi) is 8.29. The number of halogens is 2. The van der Waals surface area contributed by atoms with Gasteiger partial charge in [-0.05, 0) is 54.5 Å². The molecule has 1 aromatic heterocycles. The van der Waals surface area contributed by atoms with E-state index in [1.165, 1.54) is 40.2 Å². The Balaban J connectivity index is 1.51. The van der Waals surface area contributed by atoms with Gasteiger partial charge in [-0.3, -0.25) is 9.36 Å². The van der Waals surface area contributed by atoms with E-state index in [9.17, 15) is 18.4 Å². The number of esters is 1. The highest BCUT2D eigenvalue weighted by Gasteiger charge is 2.35. The van der Waals surface area contributed by atoms with E-state index >= 15 is 0 Å². The average molecular weight is 609 g/mol. The van der Waals surface area contributed by atoms with Crippen molar-refractivity contribution in [3.63, 3.8) is 0 Å². The van der Waals surface area contributed by atoms with E-state index in [-0.39, 0.29) is 30.2 Å². The maximum Gasteiger partial charge on any atom is 0.338 e. The first-order valence-corrected chi connectivity index (χ1v) is 14.7. The highest BCUT2D eigenvalue weighted by molar-refractivity contribution is 7.07. The molecular weight excluding hydrogens is 582 g/mol. The van der Waals surface area contributed by atoms with Gasteiger partial charge < -0.3 is 9.47 Å². The number of carbonyl (C=O) groups excluding carboxylic acids is 1. The quantitative estimate of drug-likeness (QED) is 0.209. The second-order valence-corrected chi connectivity index (χ2v) is 10.9. The van der Waals surface area contributed by atoms with Crippen molar-refractivity contribution in [2.75, 3.05) is 6.61 Å². The summed E-state index contributed by atoms with van der Waals surface area (Å²) in [5.41, 5.74) is 2.87. The molecule has 0 aliphatic carbocycles. The third-order valence-electron chi connectivity index (χ3n) is 7.07. The Morgan fingerprint density at radius 2 is 1.57 bits per heavy atom. The molecule has 9 heteroatoms. The van der Waals surface area contributed by atoms with Crippen molar-refractivity contribution >= 4 is 29.1 Å². The zero-order chi connectivity index (χ0) is 30.6. The van der Waals surface area contributed by atoms with E-state index < -0.39 is 17.8 Å². The molecule has 220 valence electrons. The lowest BCUT2D eigenvalue weighted by Gasteiger charge is -2.25. The monoisotopic (exact) mass is 608 g/mol. The van der Waals surface area contributed by atoms with Crippen LogP contribution in [0.25, 0.3) is 11.8 Å². The molecule has 1 aliphatic heterocycles. The van der Waals surface area contributed by atoms with E-state index in [0.29, 0.717) is 37.5 Å². The first-order chi connectivity index (χ1) is 21.4. The zero-order valence-electron chi connectivity index (χ0n) is 23.6. The molecule has 0 N–H and O–H groups in total. The zero-order valence-corrected chi connectivity index (χ0v) is 24.4. The highest BCUT2D eigenvalue weighted by Crippen LogP contribution is 2.35. The van der Waals surface area contributed by atoms with Crippen LogP contribution < -0.4 is 19.6 Å². The van der Waals surface area contributed by atoms with Crippen LogP contribution in [-0.2, 0) is 16.1 Å². The van der Waals surface area contributed by atoms with Gasteiger partial charge in [-0.2, -0.15) is 0 Å². The van der Waals surface area contributed by atoms with Gasteiger partial charge in [-0.15, -0.1) is 0 Å². The third-order valence-corrected chi connectivity index (χ3v) is 8.06. The molecule has 0 unspecified atom stereocenters. The summed E-state index contributed by atoms with van der Waals surface area (Å²) in [4.78, 5) is 32.9. The number of nitrogens with zero attached hydrogens (tertiary/aromatic N) is 2. The lowest BCUT2D eigenvalue weighted by atomic mass is 9.93. The van der Waals surface area contributed by atoms with Crippen molar-refractivity contribution in [2.45, 2.75) is 19.6 Å². The van der Waals surface area contributed by atoms with Crippen LogP contribution in [0.1, 0.15) is 35.2 Å². The Bertz CT molecular complexity index is 2030. The second-order valence-electron chi connectivity index (χ2n) is 9.94. The molecule has 0 bridgehead atoms. The summed E-state index contributed by atoms with van der Waals surface area (Å²) < 4.78 is 40.7. The van der Waals surface area contributed by atoms with Gasteiger partial charge >= 0.3 is 5.97 Å². The van der Waals surface area contributed by atoms with Gasteiger partial charge in [0.1, 0.15) is 24.0 Å². The van der Waals surface area contributed by atoms with Crippen molar-refractivity contribution in [1.82, 2.24) is 4.57 Å². The molecule has 2 heterocycles. The van der Waals surface area contributed by atoms with Crippen molar-refractivity contribution in [3.8, 4) is 5.75 Å². The first kappa shape index (κ1) is 28.9. The fourth-order valence-electron chi connectivity index (χ4n) is 5.02. The van der Waals surface area contributed by atoms with E-state index in [1.807, 2.05) is 48.5 Å². The van der Waals surface area contributed by atoms with Gasteiger partial charge in [0.05, 0.1) is 28.5 Å². The van der Waals surface area contributed by atoms with E-state index in [2.05, 4.69) is 0 Å².